The topological polar surface area (TPSA) is 94.9 Å². The van der Waals surface area contributed by atoms with Crippen LogP contribution in [0, 0.1) is 17.1 Å². The standard InChI is InChI=1S/C20H13FN4O2/c21-17-6-1-2-7-18(17)25-20(27)15-9-14(11-23-12-15)19(26)24-16-5-3-4-13(8-16)10-22/h1-9,11-12H,(H,24,26)(H,25,27). The second-order valence-electron chi connectivity index (χ2n) is 5.54. The molecule has 27 heavy (non-hydrogen) atoms. The van der Waals surface area contributed by atoms with Crippen molar-refractivity contribution in [2.45, 2.75) is 0 Å². The molecule has 0 bridgehead atoms. The molecular formula is C20H13FN4O2. The highest BCUT2D eigenvalue weighted by Crippen LogP contribution is 2.15. The van der Waals surface area contributed by atoms with Crippen molar-refractivity contribution in [2.75, 3.05) is 10.6 Å². The number of halogens is 1. The number of carbonyl (C=O) groups is 2. The molecule has 0 saturated carbocycles. The molecule has 0 fully saturated rings. The summed E-state index contributed by atoms with van der Waals surface area (Å²) in [4.78, 5) is 28.6. The first kappa shape index (κ1) is 17.8. The molecule has 2 N–H and O–H groups in total. The van der Waals surface area contributed by atoms with Gasteiger partial charge in [0.25, 0.3) is 11.8 Å². The molecule has 0 saturated heterocycles. The average Bonchev–Trinajstić information content (AvgIpc) is 2.70. The monoisotopic (exact) mass is 360 g/mol. The van der Waals surface area contributed by atoms with Crippen LogP contribution in [0.2, 0.25) is 0 Å². The summed E-state index contributed by atoms with van der Waals surface area (Å²) in [7, 11) is 0. The molecule has 0 spiro atoms. The maximum absolute atomic E-state index is 13.7. The van der Waals surface area contributed by atoms with Crippen molar-refractivity contribution < 1.29 is 14.0 Å². The zero-order valence-electron chi connectivity index (χ0n) is 13.9. The van der Waals surface area contributed by atoms with Crippen LogP contribution in [0.4, 0.5) is 15.8 Å². The number of nitriles is 1. The Morgan fingerprint density at radius 1 is 0.926 bits per heavy atom. The maximum Gasteiger partial charge on any atom is 0.257 e. The number of anilines is 2. The Morgan fingerprint density at radius 2 is 1.63 bits per heavy atom. The van der Waals surface area contributed by atoms with E-state index in [0.29, 0.717) is 11.3 Å². The fourth-order valence-corrected chi connectivity index (χ4v) is 2.32. The normalized spacial score (nSPS) is 9.93. The third-order valence-corrected chi connectivity index (χ3v) is 3.63. The number of hydrogen-bond acceptors (Lipinski definition) is 4. The molecule has 0 radical (unpaired) electrons. The van der Waals surface area contributed by atoms with Crippen molar-refractivity contribution >= 4 is 23.2 Å². The molecule has 7 heteroatoms. The molecule has 1 aromatic heterocycles. The van der Waals surface area contributed by atoms with Gasteiger partial charge in [0.2, 0.25) is 0 Å². The van der Waals surface area contributed by atoms with E-state index < -0.39 is 17.6 Å². The van der Waals surface area contributed by atoms with E-state index in [1.165, 1.54) is 42.7 Å². The van der Waals surface area contributed by atoms with E-state index in [-0.39, 0.29) is 16.8 Å². The minimum Gasteiger partial charge on any atom is -0.322 e. The molecule has 0 aliphatic rings. The number of hydrogen-bond donors (Lipinski definition) is 2. The Kier molecular flexibility index (Phi) is 5.19. The molecule has 1 heterocycles. The molecule has 6 nitrogen and oxygen atoms in total. The molecule has 0 unspecified atom stereocenters. The maximum atomic E-state index is 13.7. The van der Waals surface area contributed by atoms with Gasteiger partial charge in [-0.1, -0.05) is 18.2 Å². The molecular weight excluding hydrogens is 347 g/mol. The van der Waals surface area contributed by atoms with Crippen molar-refractivity contribution in [3.63, 3.8) is 0 Å². The molecule has 0 aliphatic carbocycles. The lowest BCUT2D eigenvalue weighted by molar-refractivity contribution is 0.102. The first-order valence-corrected chi connectivity index (χ1v) is 7.89. The second-order valence-corrected chi connectivity index (χ2v) is 5.54. The van der Waals surface area contributed by atoms with Crippen LogP contribution < -0.4 is 10.6 Å². The highest BCUT2D eigenvalue weighted by atomic mass is 19.1. The van der Waals surface area contributed by atoms with Gasteiger partial charge in [0.05, 0.1) is 28.4 Å². The number of aromatic nitrogens is 1. The number of amides is 2. The summed E-state index contributed by atoms with van der Waals surface area (Å²) in [6.45, 7) is 0. The van der Waals surface area contributed by atoms with E-state index in [4.69, 9.17) is 5.26 Å². The van der Waals surface area contributed by atoms with Gasteiger partial charge in [-0.2, -0.15) is 5.26 Å². The van der Waals surface area contributed by atoms with Gasteiger partial charge in [0.15, 0.2) is 0 Å². The third kappa shape index (κ3) is 4.32. The van der Waals surface area contributed by atoms with Crippen LogP contribution in [0.5, 0.6) is 0 Å². The van der Waals surface area contributed by atoms with E-state index in [1.807, 2.05) is 6.07 Å². The van der Waals surface area contributed by atoms with E-state index in [2.05, 4.69) is 15.6 Å². The van der Waals surface area contributed by atoms with Crippen LogP contribution in [-0.4, -0.2) is 16.8 Å². The van der Waals surface area contributed by atoms with Crippen LogP contribution in [0.1, 0.15) is 26.3 Å². The van der Waals surface area contributed by atoms with Gasteiger partial charge in [-0.3, -0.25) is 14.6 Å². The minimum atomic E-state index is -0.589. The molecule has 0 atom stereocenters. The Hall–Kier alpha value is -4.05. The zero-order valence-corrected chi connectivity index (χ0v) is 13.9. The van der Waals surface area contributed by atoms with E-state index >= 15 is 0 Å². The fraction of sp³-hybridized carbons (Fsp3) is 0. The SMILES string of the molecule is N#Cc1cccc(NC(=O)c2cncc(C(=O)Nc3ccccc3F)c2)c1. The van der Waals surface area contributed by atoms with Gasteiger partial charge in [-0.05, 0) is 36.4 Å². The van der Waals surface area contributed by atoms with Crippen molar-refractivity contribution in [1.82, 2.24) is 4.98 Å². The quantitative estimate of drug-likeness (QED) is 0.743. The van der Waals surface area contributed by atoms with Gasteiger partial charge >= 0.3 is 0 Å². The first-order chi connectivity index (χ1) is 13.1. The summed E-state index contributed by atoms with van der Waals surface area (Å²) in [5, 5.41) is 14.0. The third-order valence-electron chi connectivity index (χ3n) is 3.63. The summed E-state index contributed by atoms with van der Waals surface area (Å²) in [6.07, 6.45) is 2.59. The van der Waals surface area contributed by atoms with Gasteiger partial charge < -0.3 is 10.6 Å². The number of nitrogens with one attached hydrogen (secondary N) is 2. The van der Waals surface area contributed by atoms with Crippen molar-refractivity contribution in [1.29, 1.82) is 5.26 Å². The van der Waals surface area contributed by atoms with Crippen molar-refractivity contribution in [2.24, 2.45) is 0 Å². The molecule has 2 aromatic carbocycles. The molecule has 3 rings (SSSR count). The van der Waals surface area contributed by atoms with E-state index in [9.17, 15) is 14.0 Å². The van der Waals surface area contributed by atoms with Crippen molar-refractivity contribution in [3.05, 3.63) is 89.5 Å². The van der Waals surface area contributed by atoms with Crippen molar-refractivity contribution in [3.8, 4) is 6.07 Å². The largest absolute Gasteiger partial charge is 0.322 e. The smallest absolute Gasteiger partial charge is 0.257 e. The predicted octanol–water partition coefficient (Wildman–Crippen LogP) is 3.60. The second kappa shape index (κ2) is 7.89. The predicted molar refractivity (Wildman–Crippen MR) is 97.7 cm³/mol. The Morgan fingerprint density at radius 3 is 2.33 bits per heavy atom. The number of nitrogens with zero attached hydrogens (tertiary/aromatic N) is 2. The minimum absolute atomic E-state index is 0.0330. The fourth-order valence-electron chi connectivity index (χ4n) is 2.32. The lowest BCUT2D eigenvalue weighted by Gasteiger charge is -2.08. The van der Waals surface area contributed by atoms with E-state index in [0.717, 1.165) is 0 Å². The van der Waals surface area contributed by atoms with Crippen LogP contribution in [0.25, 0.3) is 0 Å². The van der Waals surface area contributed by atoms with Gasteiger partial charge in [-0.25, -0.2) is 4.39 Å². The van der Waals surface area contributed by atoms with Crippen LogP contribution >= 0.6 is 0 Å². The summed E-state index contributed by atoms with van der Waals surface area (Å²) >= 11 is 0. The van der Waals surface area contributed by atoms with E-state index in [1.54, 1.807) is 24.3 Å². The summed E-state index contributed by atoms with van der Waals surface area (Å²) < 4.78 is 13.7. The average molecular weight is 360 g/mol. The van der Waals surface area contributed by atoms with Gasteiger partial charge in [0, 0.05) is 18.1 Å². The summed E-state index contributed by atoms with van der Waals surface area (Å²) in [6, 6.07) is 15.5. The Labute approximate surface area is 154 Å². The number of rotatable bonds is 4. The molecule has 3 aromatic rings. The lowest BCUT2D eigenvalue weighted by Crippen LogP contribution is -2.16. The Bertz CT molecular complexity index is 1060. The highest BCUT2D eigenvalue weighted by molar-refractivity contribution is 6.08. The van der Waals surface area contributed by atoms with Crippen LogP contribution in [0.15, 0.2) is 67.0 Å². The summed E-state index contributed by atoms with van der Waals surface area (Å²) in [5.41, 5.74) is 1.14. The van der Waals surface area contributed by atoms with Crippen LogP contribution in [-0.2, 0) is 0 Å². The number of carbonyl (C=O) groups excluding carboxylic acids is 2. The Balaban J connectivity index is 1.76. The number of para-hydroxylation sites is 1. The van der Waals surface area contributed by atoms with Gasteiger partial charge in [0.1, 0.15) is 5.82 Å². The molecule has 132 valence electrons. The zero-order chi connectivity index (χ0) is 19.2. The highest BCUT2D eigenvalue weighted by Gasteiger charge is 2.13. The molecule has 0 aliphatic heterocycles. The molecule has 2 amide bonds. The number of pyridine rings is 1. The first-order valence-electron chi connectivity index (χ1n) is 7.89. The van der Waals surface area contributed by atoms with Crippen LogP contribution in [0.3, 0.4) is 0 Å². The lowest BCUT2D eigenvalue weighted by atomic mass is 10.1. The number of benzene rings is 2. The summed E-state index contributed by atoms with van der Waals surface area (Å²) in [5.74, 6) is -1.64. The van der Waals surface area contributed by atoms with Gasteiger partial charge in [-0.15, -0.1) is 0 Å².